The highest BCUT2D eigenvalue weighted by atomic mass is 16.5. The molecule has 3 aromatic rings. The Hall–Kier alpha value is -3.40. The molecule has 4 nitrogen and oxygen atoms in total. The molecule has 0 saturated heterocycles. The van der Waals surface area contributed by atoms with Gasteiger partial charge >= 0.3 is 0 Å². The van der Waals surface area contributed by atoms with E-state index in [0.717, 1.165) is 33.8 Å². The van der Waals surface area contributed by atoms with Crippen LogP contribution in [0.2, 0.25) is 0 Å². The number of hydrogen-bond acceptors (Lipinski definition) is 4. The van der Waals surface area contributed by atoms with E-state index >= 15 is 0 Å². The second kappa shape index (κ2) is 9.00. The van der Waals surface area contributed by atoms with Gasteiger partial charge in [-0.2, -0.15) is 0 Å². The number of benzene rings is 3. The van der Waals surface area contributed by atoms with Gasteiger partial charge in [0, 0.05) is 6.07 Å². The van der Waals surface area contributed by atoms with Crippen LogP contribution in [-0.2, 0) is 0 Å². The Kier molecular flexibility index (Phi) is 6.22. The standard InChI is InChI=1S/C24H24O4/c1-25-20-13-19(14-21(16-20)26-2)22(12-17-8-6-5-7-9-17)18-10-11-23(27-3)24(15-18)28-4/h5-16H,1-4H3/b22-12+. The predicted octanol–water partition coefficient (Wildman–Crippen LogP) is 5.31. The summed E-state index contributed by atoms with van der Waals surface area (Å²) >= 11 is 0. The van der Waals surface area contributed by atoms with Crippen LogP contribution in [0.25, 0.3) is 11.6 Å². The van der Waals surface area contributed by atoms with Gasteiger partial charge in [0.05, 0.1) is 28.4 Å². The summed E-state index contributed by atoms with van der Waals surface area (Å²) in [6.07, 6.45) is 2.13. The van der Waals surface area contributed by atoms with Crippen LogP contribution >= 0.6 is 0 Å². The van der Waals surface area contributed by atoms with Gasteiger partial charge in [-0.05, 0) is 52.6 Å². The Morgan fingerprint density at radius 1 is 0.607 bits per heavy atom. The van der Waals surface area contributed by atoms with Gasteiger partial charge < -0.3 is 18.9 Å². The maximum Gasteiger partial charge on any atom is 0.161 e. The number of hydrogen-bond donors (Lipinski definition) is 0. The SMILES string of the molecule is COc1cc(OC)cc(/C(=C/c2ccccc2)c2ccc(OC)c(OC)c2)c1. The summed E-state index contributed by atoms with van der Waals surface area (Å²) in [5.74, 6) is 2.82. The first-order valence-electron chi connectivity index (χ1n) is 8.91. The quantitative estimate of drug-likeness (QED) is 0.524. The van der Waals surface area contributed by atoms with Gasteiger partial charge in [0.15, 0.2) is 11.5 Å². The van der Waals surface area contributed by atoms with Crippen molar-refractivity contribution < 1.29 is 18.9 Å². The number of rotatable bonds is 7. The summed E-state index contributed by atoms with van der Waals surface area (Å²) in [7, 11) is 6.56. The monoisotopic (exact) mass is 376 g/mol. The zero-order valence-electron chi connectivity index (χ0n) is 16.6. The van der Waals surface area contributed by atoms with Crippen LogP contribution in [0.3, 0.4) is 0 Å². The summed E-state index contributed by atoms with van der Waals surface area (Å²) in [6.45, 7) is 0. The molecule has 0 fully saturated rings. The Morgan fingerprint density at radius 2 is 1.25 bits per heavy atom. The molecule has 0 saturated carbocycles. The van der Waals surface area contributed by atoms with Crippen LogP contribution in [0.1, 0.15) is 16.7 Å². The molecule has 0 aliphatic heterocycles. The molecule has 0 bridgehead atoms. The molecule has 0 radical (unpaired) electrons. The second-order valence-corrected chi connectivity index (χ2v) is 6.14. The fourth-order valence-electron chi connectivity index (χ4n) is 3.02. The molecule has 0 spiro atoms. The van der Waals surface area contributed by atoms with Gasteiger partial charge in [0.2, 0.25) is 0 Å². The minimum absolute atomic E-state index is 0.675. The van der Waals surface area contributed by atoms with Gasteiger partial charge in [0.1, 0.15) is 11.5 Å². The molecule has 28 heavy (non-hydrogen) atoms. The van der Waals surface area contributed by atoms with Crippen molar-refractivity contribution in [3.05, 3.63) is 83.4 Å². The molecule has 3 rings (SSSR count). The van der Waals surface area contributed by atoms with Gasteiger partial charge in [-0.15, -0.1) is 0 Å². The molecule has 0 unspecified atom stereocenters. The maximum absolute atomic E-state index is 5.50. The van der Waals surface area contributed by atoms with E-state index < -0.39 is 0 Å². The van der Waals surface area contributed by atoms with Crippen molar-refractivity contribution in [3.63, 3.8) is 0 Å². The maximum atomic E-state index is 5.50. The van der Waals surface area contributed by atoms with E-state index in [1.165, 1.54) is 0 Å². The average Bonchev–Trinajstić information content (AvgIpc) is 2.77. The zero-order valence-corrected chi connectivity index (χ0v) is 16.6. The minimum Gasteiger partial charge on any atom is -0.497 e. The van der Waals surface area contributed by atoms with Crippen molar-refractivity contribution in [3.8, 4) is 23.0 Å². The second-order valence-electron chi connectivity index (χ2n) is 6.14. The summed E-state index contributed by atoms with van der Waals surface area (Å²) in [5, 5.41) is 0. The number of ether oxygens (including phenoxy) is 4. The highest BCUT2D eigenvalue weighted by Crippen LogP contribution is 2.36. The van der Waals surface area contributed by atoms with Gasteiger partial charge in [-0.1, -0.05) is 36.4 Å². The first kappa shape index (κ1) is 19.4. The minimum atomic E-state index is 0.675. The third-order valence-electron chi connectivity index (χ3n) is 4.47. The Labute approximate surface area is 165 Å². The van der Waals surface area contributed by atoms with Crippen molar-refractivity contribution in [1.29, 1.82) is 0 Å². The molecule has 0 atom stereocenters. The molecule has 4 heteroatoms. The fourth-order valence-corrected chi connectivity index (χ4v) is 3.02. The topological polar surface area (TPSA) is 36.9 Å². The summed E-state index contributed by atoms with van der Waals surface area (Å²) in [4.78, 5) is 0. The van der Waals surface area contributed by atoms with E-state index in [1.807, 2.05) is 54.6 Å². The lowest BCUT2D eigenvalue weighted by Crippen LogP contribution is -1.95. The van der Waals surface area contributed by atoms with Gasteiger partial charge in [-0.25, -0.2) is 0 Å². The molecule has 0 aliphatic rings. The Balaban J connectivity index is 2.21. The van der Waals surface area contributed by atoms with E-state index in [1.54, 1.807) is 28.4 Å². The average molecular weight is 376 g/mol. The summed E-state index contributed by atoms with van der Waals surface area (Å²) in [5.41, 5.74) is 4.09. The smallest absolute Gasteiger partial charge is 0.161 e. The van der Waals surface area contributed by atoms with Crippen LogP contribution in [0.5, 0.6) is 23.0 Å². The first-order chi connectivity index (χ1) is 13.7. The van der Waals surface area contributed by atoms with E-state index in [-0.39, 0.29) is 0 Å². The molecular weight excluding hydrogens is 352 g/mol. The largest absolute Gasteiger partial charge is 0.497 e. The van der Waals surface area contributed by atoms with Gasteiger partial charge in [-0.3, -0.25) is 0 Å². The Bertz CT molecular complexity index is 939. The normalized spacial score (nSPS) is 11.1. The molecule has 0 N–H and O–H groups in total. The number of methoxy groups -OCH3 is 4. The van der Waals surface area contributed by atoms with Crippen LogP contribution in [-0.4, -0.2) is 28.4 Å². The molecule has 0 aromatic heterocycles. The lowest BCUT2D eigenvalue weighted by Gasteiger charge is -2.15. The predicted molar refractivity (Wildman–Crippen MR) is 113 cm³/mol. The molecular formula is C24H24O4. The zero-order chi connectivity index (χ0) is 19.9. The van der Waals surface area contributed by atoms with Crippen LogP contribution in [0.15, 0.2) is 66.7 Å². The molecule has 3 aromatic carbocycles. The summed E-state index contributed by atoms with van der Waals surface area (Å²) < 4.78 is 21.8. The van der Waals surface area contributed by atoms with E-state index in [4.69, 9.17) is 18.9 Å². The van der Waals surface area contributed by atoms with Crippen LogP contribution < -0.4 is 18.9 Å². The molecule has 0 heterocycles. The van der Waals surface area contributed by atoms with E-state index in [9.17, 15) is 0 Å². The lowest BCUT2D eigenvalue weighted by molar-refractivity contribution is 0.355. The van der Waals surface area contributed by atoms with Crippen molar-refractivity contribution >= 4 is 11.6 Å². The van der Waals surface area contributed by atoms with Crippen molar-refractivity contribution in [2.24, 2.45) is 0 Å². The molecule has 0 amide bonds. The van der Waals surface area contributed by atoms with E-state index in [2.05, 4.69) is 18.2 Å². The van der Waals surface area contributed by atoms with Crippen LogP contribution in [0.4, 0.5) is 0 Å². The summed E-state index contributed by atoms with van der Waals surface area (Å²) in [6, 6.07) is 21.9. The lowest BCUT2D eigenvalue weighted by atomic mass is 9.95. The third-order valence-corrected chi connectivity index (χ3v) is 4.47. The van der Waals surface area contributed by atoms with Crippen molar-refractivity contribution in [1.82, 2.24) is 0 Å². The van der Waals surface area contributed by atoms with Crippen molar-refractivity contribution in [2.75, 3.05) is 28.4 Å². The highest BCUT2D eigenvalue weighted by molar-refractivity contribution is 5.92. The van der Waals surface area contributed by atoms with E-state index in [0.29, 0.717) is 11.5 Å². The fraction of sp³-hybridized carbons (Fsp3) is 0.167. The van der Waals surface area contributed by atoms with Crippen LogP contribution in [0, 0.1) is 0 Å². The third kappa shape index (κ3) is 4.29. The first-order valence-corrected chi connectivity index (χ1v) is 8.91. The van der Waals surface area contributed by atoms with Crippen molar-refractivity contribution in [2.45, 2.75) is 0 Å². The molecule has 144 valence electrons. The Morgan fingerprint density at radius 3 is 1.82 bits per heavy atom. The van der Waals surface area contributed by atoms with Gasteiger partial charge in [0.25, 0.3) is 0 Å². The highest BCUT2D eigenvalue weighted by Gasteiger charge is 2.13. The molecule has 0 aliphatic carbocycles.